The van der Waals surface area contributed by atoms with Gasteiger partial charge in [-0.2, -0.15) is 0 Å². The summed E-state index contributed by atoms with van der Waals surface area (Å²) in [6, 6.07) is 17.9. The average Bonchev–Trinajstić information content (AvgIpc) is 2.67. The lowest BCUT2D eigenvalue weighted by atomic mass is 9.88. The van der Waals surface area contributed by atoms with Crippen LogP contribution in [0.4, 0.5) is 0 Å². The molecular weight excluding hydrogens is 364 g/mol. The highest BCUT2D eigenvalue weighted by molar-refractivity contribution is 5.72. The number of carbonyl (C=O) groups is 2. The lowest BCUT2D eigenvalue weighted by Crippen LogP contribution is -2.21. The number of rotatable bonds is 11. The molecule has 4 heteroatoms. The van der Waals surface area contributed by atoms with E-state index in [-0.39, 0.29) is 30.8 Å². The van der Waals surface area contributed by atoms with E-state index in [0.717, 1.165) is 17.5 Å². The van der Waals surface area contributed by atoms with Crippen LogP contribution in [0.2, 0.25) is 0 Å². The molecule has 0 amide bonds. The Morgan fingerprint density at radius 3 is 2.03 bits per heavy atom. The van der Waals surface area contributed by atoms with Crippen molar-refractivity contribution in [2.45, 2.75) is 53.1 Å². The van der Waals surface area contributed by atoms with Gasteiger partial charge in [-0.1, -0.05) is 75.4 Å². The second kappa shape index (κ2) is 11.4. The van der Waals surface area contributed by atoms with E-state index in [9.17, 15) is 14.7 Å². The molecule has 4 nitrogen and oxygen atoms in total. The maximum absolute atomic E-state index is 12.4. The Hall–Kier alpha value is -2.62. The van der Waals surface area contributed by atoms with E-state index in [0.29, 0.717) is 18.8 Å². The summed E-state index contributed by atoms with van der Waals surface area (Å²) in [5.41, 5.74) is 3.33. The van der Waals surface area contributed by atoms with E-state index in [1.54, 1.807) is 0 Å². The second-order valence-corrected chi connectivity index (χ2v) is 8.31. The third-order valence-electron chi connectivity index (χ3n) is 4.97. The van der Waals surface area contributed by atoms with Gasteiger partial charge >= 0.3 is 11.9 Å². The maximum atomic E-state index is 12.4. The van der Waals surface area contributed by atoms with Crippen molar-refractivity contribution in [3.05, 3.63) is 71.3 Å². The summed E-state index contributed by atoms with van der Waals surface area (Å²) in [6.45, 7) is 6.43. The molecule has 0 aliphatic heterocycles. The largest absolute Gasteiger partial charge is 0.481 e. The van der Waals surface area contributed by atoms with Crippen LogP contribution in [0.3, 0.4) is 0 Å². The van der Waals surface area contributed by atoms with Gasteiger partial charge in [0, 0.05) is 6.42 Å². The topological polar surface area (TPSA) is 63.6 Å². The third kappa shape index (κ3) is 8.51. The Morgan fingerprint density at radius 1 is 0.862 bits per heavy atom. The van der Waals surface area contributed by atoms with Crippen LogP contribution in [-0.2, 0) is 33.8 Å². The van der Waals surface area contributed by atoms with E-state index in [1.165, 1.54) is 5.56 Å². The minimum absolute atomic E-state index is 0.0455. The number of aliphatic carboxylic acids is 1. The van der Waals surface area contributed by atoms with Crippen LogP contribution in [0.25, 0.3) is 0 Å². The highest BCUT2D eigenvalue weighted by Gasteiger charge is 2.22. The molecule has 2 rings (SSSR count). The molecule has 2 unspecified atom stereocenters. The summed E-state index contributed by atoms with van der Waals surface area (Å²) in [5.74, 6) is -0.960. The predicted octanol–water partition coefficient (Wildman–Crippen LogP) is 5.29. The van der Waals surface area contributed by atoms with Crippen LogP contribution in [-0.4, -0.2) is 17.0 Å². The summed E-state index contributed by atoms with van der Waals surface area (Å²) in [6.07, 6.45) is 2.21. The summed E-state index contributed by atoms with van der Waals surface area (Å²) in [4.78, 5) is 23.7. The minimum Gasteiger partial charge on any atom is -0.481 e. The van der Waals surface area contributed by atoms with Gasteiger partial charge in [-0.05, 0) is 47.8 Å². The molecule has 0 saturated heterocycles. The fraction of sp³-hybridized carbons (Fsp3) is 0.440. The molecule has 0 aromatic heterocycles. The molecule has 0 saturated carbocycles. The minimum atomic E-state index is -0.840. The quantitative estimate of drug-likeness (QED) is 0.524. The Bertz CT molecular complexity index is 765. The van der Waals surface area contributed by atoms with Crippen molar-refractivity contribution in [2.24, 2.45) is 17.8 Å². The van der Waals surface area contributed by atoms with Gasteiger partial charge < -0.3 is 9.84 Å². The molecule has 2 atom stereocenters. The van der Waals surface area contributed by atoms with E-state index in [2.05, 4.69) is 26.0 Å². The predicted molar refractivity (Wildman–Crippen MR) is 114 cm³/mol. The van der Waals surface area contributed by atoms with Crippen molar-refractivity contribution < 1.29 is 19.4 Å². The molecule has 0 radical (unpaired) electrons. The van der Waals surface area contributed by atoms with Crippen molar-refractivity contribution in [3.8, 4) is 0 Å². The van der Waals surface area contributed by atoms with E-state index >= 15 is 0 Å². The van der Waals surface area contributed by atoms with Gasteiger partial charge in [-0.3, -0.25) is 9.59 Å². The number of benzene rings is 2. The molecule has 0 fully saturated rings. The smallest absolute Gasteiger partial charge is 0.308 e. The van der Waals surface area contributed by atoms with Crippen LogP contribution in [0.15, 0.2) is 54.6 Å². The van der Waals surface area contributed by atoms with Gasteiger partial charge in [0.25, 0.3) is 0 Å². The first-order valence-corrected chi connectivity index (χ1v) is 10.3. The van der Waals surface area contributed by atoms with Crippen LogP contribution < -0.4 is 0 Å². The number of carboxylic acid groups (broad SMARTS) is 1. The average molecular weight is 397 g/mol. The number of hydrogen-bond donors (Lipinski definition) is 1. The van der Waals surface area contributed by atoms with Gasteiger partial charge in [-0.25, -0.2) is 0 Å². The Balaban J connectivity index is 1.87. The van der Waals surface area contributed by atoms with Gasteiger partial charge in [0.2, 0.25) is 0 Å². The Labute approximate surface area is 173 Å². The van der Waals surface area contributed by atoms with Gasteiger partial charge in [0.05, 0.1) is 5.92 Å². The Morgan fingerprint density at radius 2 is 1.45 bits per heavy atom. The van der Waals surface area contributed by atoms with Crippen LogP contribution in [0.5, 0.6) is 0 Å². The monoisotopic (exact) mass is 396 g/mol. The normalized spacial score (nSPS) is 13.1. The third-order valence-corrected chi connectivity index (χ3v) is 4.97. The first-order chi connectivity index (χ1) is 13.8. The molecule has 0 spiro atoms. The SMILES string of the molecule is CC(C)Cc1ccc(COC(=O)C(C)CC(CC(=O)O)Cc2ccccc2)cc1. The molecule has 156 valence electrons. The molecule has 0 aliphatic rings. The van der Waals surface area contributed by atoms with E-state index in [1.807, 2.05) is 49.4 Å². The van der Waals surface area contributed by atoms with Crippen molar-refractivity contribution in [2.75, 3.05) is 0 Å². The molecular formula is C25H32O4. The molecule has 1 N–H and O–H groups in total. The first kappa shape index (κ1) is 22.7. The highest BCUT2D eigenvalue weighted by atomic mass is 16.5. The lowest BCUT2D eigenvalue weighted by Gasteiger charge is -2.19. The fourth-order valence-electron chi connectivity index (χ4n) is 3.57. The summed E-state index contributed by atoms with van der Waals surface area (Å²) in [5, 5.41) is 9.23. The van der Waals surface area contributed by atoms with Gasteiger partial charge in [0.1, 0.15) is 6.61 Å². The molecule has 0 bridgehead atoms. The number of carboxylic acids is 1. The number of carbonyl (C=O) groups excluding carboxylic acids is 1. The zero-order chi connectivity index (χ0) is 21.2. The number of esters is 1. The molecule has 0 heterocycles. The fourth-order valence-corrected chi connectivity index (χ4v) is 3.57. The molecule has 29 heavy (non-hydrogen) atoms. The van der Waals surface area contributed by atoms with Crippen molar-refractivity contribution in [1.29, 1.82) is 0 Å². The van der Waals surface area contributed by atoms with E-state index < -0.39 is 5.97 Å². The Kier molecular flexibility index (Phi) is 8.91. The van der Waals surface area contributed by atoms with Crippen molar-refractivity contribution in [1.82, 2.24) is 0 Å². The van der Waals surface area contributed by atoms with E-state index in [4.69, 9.17) is 4.74 Å². The van der Waals surface area contributed by atoms with Crippen molar-refractivity contribution in [3.63, 3.8) is 0 Å². The number of ether oxygens (including phenoxy) is 1. The summed E-state index contributed by atoms with van der Waals surface area (Å²) in [7, 11) is 0. The molecule has 2 aromatic carbocycles. The summed E-state index contributed by atoms with van der Waals surface area (Å²) >= 11 is 0. The standard InChI is InChI=1S/C25H32O4/c1-18(2)13-21-9-11-22(12-10-21)17-29-25(28)19(3)14-23(16-24(26)27)15-20-7-5-4-6-8-20/h4-12,18-19,23H,13-17H2,1-3H3,(H,26,27). The molecule has 2 aromatic rings. The summed E-state index contributed by atoms with van der Waals surface area (Å²) < 4.78 is 5.48. The van der Waals surface area contributed by atoms with Gasteiger partial charge in [-0.15, -0.1) is 0 Å². The van der Waals surface area contributed by atoms with Crippen LogP contribution >= 0.6 is 0 Å². The lowest BCUT2D eigenvalue weighted by molar-refractivity contribution is -0.150. The van der Waals surface area contributed by atoms with Gasteiger partial charge in [0.15, 0.2) is 0 Å². The number of hydrogen-bond acceptors (Lipinski definition) is 3. The van der Waals surface area contributed by atoms with Crippen molar-refractivity contribution >= 4 is 11.9 Å². The van der Waals surface area contributed by atoms with Crippen LogP contribution in [0, 0.1) is 17.8 Å². The highest BCUT2D eigenvalue weighted by Crippen LogP contribution is 2.22. The zero-order valence-electron chi connectivity index (χ0n) is 17.6. The zero-order valence-corrected chi connectivity index (χ0v) is 17.6. The second-order valence-electron chi connectivity index (χ2n) is 8.31. The molecule has 0 aliphatic carbocycles. The maximum Gasteiger partial charge on any atom is 0.308 e. The first-order valence-electron chi connectivity index (χ1n) is 10.3. The van der Waals surface area contributed by atoms with Crippen LogP contribution in [0.1, 0.15) is 50.3 Å².